The van der Waals surface area contributed by atoms with Gasteiger partial charge in [0.25, 0.3) is 5.91 Å². The van der Waals surface area contributed by atoms with E-state index < -0.39 is 0 Å². The van der Waals surface area contributed by atoms with Crippen LogP contribution in [-0.2, 0) is 0 Å². The molecule has 0 saturated heterocycles. The molecule has 0 heterocycles. The molecule has 1 aromatic rings. The van der Waals surface area contributed by atoms with Crippen molar-refractivity contribution in [1.29, 1.82) is 0 Å². The Morgan fingerprint density at radius 1 is 1.26 bits per heavy atom. The van der Waals surface area contributed by atoms with E-state index in [9.17, 15) is 4.79 Å². The minimum absolute atomic E-state index is 0.0947. The Hall–Kier alpha value is -2.28. The van der Waals surface area contributed by atoms with Gasteiger partial charge in [-0.05, 0) is 18.2 Å². The average molecular weight is 283 g/mol. The maximum atomic E-state index is 11.8. The summed E-state index contributed by atoms with van der Waals surface area (Å²) >= 11 is 6.01. The van der Waals surface area contributed by atoms with E-state index >= 15 is 0 Å². The van der Waals surface area contributed by atoms with E-state index in [1.54, 1.807) is 26.2 Å². The molecule has 0 bridgehead atoms. The summed E-state index contributed by atoms with van der Waals surface area (Å²) in [5.41, 5.74) is 16.6. The van der Waals surface area contributed by atoms with Crippen molar-refractivity contribution in [3.8, 4) is 0 Å². The highest BCUT2D eigenvalue weighted by Crippen LogP contribution is 2.23. The van der Waals surface area contributed by atoms with E-state index in [1.165, 1.54) is 11.0 Å². The van der Waals surface area contributed by atoms with Crippen molar-refractivity contribution in [2.75, 3.05) is 14.1 Å². The molecule has 1 amide bonds. The number of aliphatic imine (C=N–C) groups is 2. The molecule has 0 unspecified atom stereocenters. The minimum Gasteiger partial charge on any atom is -0.370 e. The molecule has 6 N–H and O–H groups in total. The van der Waals surface area contributed by atoms with Gasteiger partial charge in [-0.1, -0.05) is 11.6 Å². The number of hydrogen-bond acceptors (Lipinski definition) is 2. The maximum absolute atomic E-state index is 11.8. The van der Waals surface area contributed by atoms with Crippen molar-refractivity contribution >= 4 is 35.1 Å². The zero-order valence-electron chi connectivity index (χ0n) is 10.6. The number of guanidine groups is 2. The molecule has 0 aliphatic heterocycles. The Kier molecular flexibility index (Phi) is 4.71. The molecule has 0 fully saturated rings. The molecule has 1 aromatic carbocycles. The zero-order valence-corrected chi connectivity index (χ0v) is 11.3. The van der Waals surface area contributed by atoms with Gasteiger partial charge in [0.2, 0.25) is 5.96 Å². The van der Waals surface area contributed by atoms with E-state index in [2.05, 4.69) is 9.98 Å². The van der Waals surface area contributed by atoms with Crippen molar-refractivity contribution in [3.63, 3.8) is 0 Å². The molecule has 0 spiro atoms. The highest BCUT2D eigenvalue weighted by atomic mass is 35.5. The molecule has 0 aliphatic carbocycles. The molecule has 0 aromatic heterocycles. The standard InChI is InChI=1S/C11H15ClN6O/c1-18(2)9(19)7-4-3-6(5-8(7)12)16-11(15)17-10(13)14/h3-5H,1-2H3,(H6,13,14,15,16,17). The summed E-state index contributed by atoms with van der Waals surface area (Å²) in [6.07, 6.45) is 0. The van der Waals surface area contributed by atoms with Crippen molar-refractivity contribution in [1.82, 2.24) is 4.90 Å². The van der Waals surface area contributed by atoms with E-state index in [4.69, 9.17) is 28.8 Å². The van der Waals surface area contributed by atoms with Crippen LogP contribution in [0.3, 0.4) is 0 Å². The second-order valence-electron chi connectivity index (χ2n) is 3.87. The van der Waals surface area contributed by atoms with Crippen LogP contribution in [0.5, 0.6) is 0 Å². The van der Waals surface area contributed by atoms with E-state index in [0.717, 1.165) is 0 Å². The van der Waals surface area contributed by atoms with Gasteiger partial charge in [0.1, 0.15) is 0 Å². The van der Waals surface area contributed by atoms with Gasteiger partial charge in [-0.25, -0.2) is 4.99 Å². The fourth-order valence-electron chi connectivity index (χ4n) is 1.28. The van der Waals surface area contributed by atoms with Crippen LogP contribution in [0.4, 0.5) is 5.69 Å². The number of nitrogens with two attached hydrogens (primary N) is 3. The van der Waals surface area contributed by atoms with Crippen LogP contribution in [0.15, 0.2) is 28.2 Å². The number of carbonyl (C=O) groups is 1. The van der Waals surface area contributed by atoms with Gasteiger partial charge in [0.15, 0.2) is 5.96 Å². The van der Waals surface area contributed by atoms with Gasteiger partial charge in [-0.15, -0.1) is 0 Å². The Morgan fingerprint density at radius 3 is 2.37 bits per heavy atom. The maximum Gasteiger partial charge on any atom is 0.254 e. The first kappa shape index (κ1) is 14.8. The summed E-state index contributed by atoms with van der Waals surface area (Å²) in [7, 11) is 3.28. The predicted octanol–water partition coefficient (Wildman–Crippen LogP) is 0.261. The molecule has 1 rings (SSSR count). The number of halogens is 1. The highest BCUT2D eigenvalue weighted by molar-refractivity contribution is 6.34. The third-order valence-corrected chi connectivity index (χ3v) is 2.39. The van der Waals surface area contributed by atoms with Crippen LogP contribution >= 0.6 is 11.6 Å². The van der Waals surface area contributed by atoms with Crippen molar-refractivity contribution in [2.24, 2.45) is 27.2 Å². The number of carbonyl (C=O) groups excluding carboxylic acids is 1. The third-order valence-electron chi connectivity index (χ3n) is 2.08. The Labute approximate surface area is 115 Å². The lowest BCUT2D eigenvalue weighted by Crippen LogP contribution is -2.26. The third kappa shape index (κ3) is 4.14. The van der Waals surface area contributed by atoms with Gasteiger partial charge in [0, 0.05) is 14.1 Å². The lowest BCUT2D eigenvalue weighted by Gasteiger charge is -2.11. The van der Waals surface area contributed by atoms with Crippen LogP contribution in [0.25, 0.3) is 0 Å². The first-order chi connectivity index (χ1) is 8.81. The predicted molar refractivity (Wildman–Crippen MR) is 76.6 cm³/mol. The second-order valence-corrected chi connectivity index (χ2v) is 4.28. The van der Waals surface area contributed by atoms with Crippen LogP contribution in [0.2, 0.25) is 5.02 Å². The van der Waals surface area contributed by atoms with E-state index in [0.29, 0.717) is 11.3 Å². The zero-order chi connectivity index (χ0) is 14.6. The van der Waals surface area contributed by atoms with Gasteiger partial charge in [-0.2, -0.15) is 4.99 Å². The minimum atomic E-state index is -0.197. The second kappa shape index (κ2) is 6.05. The number of rotatable bonds is 2. The topological polar surface area (TPSA) is 123 Å². The summed E-state index contributed by atoms with van der Waals surface area (Å²) in [6.45, 7) is 0. The molecule has 0 saturated carbocycles. The molecule has 102 valence electrons. The van der Waals surface area contributed by atoms with Crippen molar-refractivity contribution in [2.45, 2.75) is 0 Å². The molecule has 0 radical (unpaired) electrons. The Morgan fingerprint density at radius 2 is 1.89 bits per heavy atom. The number of benzene rings is 1. The molecule has 19 heavy (non-hydrogen) atoms. The first-order valence-corrected chi connectivity index (χ1v) is 5.64. The normalized spacial score (nSPS) is 11.0. The smallest absolute Gasteiger partial charge is 0.254 e. The summed E-state index contributed by atoms with van der Waals surface area (Å²) in [4.78, 5) is 20.7. The largest absolute Gasteiger partial charge is 0.370 e. The fourth-order valence-corrected chi connectivity index (χ4v) is 1.53. The number of hydrogen-bond donors (Lipinski definition) is 3. The SMILES string of the molecule is CN(C)C(=O)c1ccc(N=C(N)N=C(N)N)cc1Cl. The van der Waals surface area contributed by atoms with Gasteiger partial charge in [0.05, 0.1) is 16.3 Å². The summed E-state index contributed by atoms with van der Waals surface area (Å²) in [5, 5.41) is 0.275. The lowest BCUT2D eigenvalue weighted by molar-refractivity contribution is 0.0828. The van der Waals surface area contributed by atoms with Crippen molar-refractivity contribution in [3.05, 3.63) is 28.8 Å². The van der Waals surface area contributed by atoms with E-state index in [-0.39, 0.29) is 22.8 Å². The van der Waals surface area contributed by atoms with E-state index in [1.807, 2.05) is 0 Å². The lowest BCUT2D eigenvalue weighted by atomic mass is 10.2. The Bertz CT molecular complexity index is 548. The van der Waals surface area contributed by atoms with Crippen LogP contribution < -0.4 is 17.2 Å². The fraction of sp³-hybridized carbons (Fsp3) is 0.182. The summed E-state index contributed by atoms with van der Waals surface area (Å²) in [6, 6.07) is 4.66. The molecule has 0 aliphatic rings. The van der Waals surface area contributed by atoms with Gasteiger partial charge in [-0.3, -0.25) is 4.79 Å². The summed E-state index contributed by atoms with van der Waals surface area (Å²) in [5.74, 6) is -0.479. The molecular weight excluding hydrogens is 268 g/mol. The molecular formula is C11H15ClN6O. The molecule has 0 atom stereocenters. The van der Waals surface area contributed by atoms with Crippen LogP contribution in [0.1, 0.15) is 10.4 Å². The van der Waals surface area contributed by atoms with Crippen LogP contribution in [-0.4, -0.2) is 36.8 Å². The number of nitrogens with zero attached hydrogens (tertiary/aromatic N) is 3. The highest BCUT2D eigenvalue weighted by Gasteiger charge is 2.12. The number of amides is 1. The Balaban J connectivity index is 3.07. The molecule has 8 heteroatoms. The monoisotopic (exact) mass is 282 g/mol. The van der Waals surface area contributed by atoms with Gasteiger partial charge < -0.3 is 22.1 Å². The first-order valence-electron chi connectivity index (χ1n) is 5.26. The van der Waals surface area contributed by atoms with Crippen molar-refractivity contribution < 1.29 is 4.79 Å². The molecule has 7 nitrogen and oxygen atoms in total. The van der Waals surface area contributed by atoms with Crippen LogP contribution in [0, 0.1) is 0 Å². The van der Waals surface area contributed by atoms with Gasteiger partial charge >= 0.3 is 0 Å². The average Bonchev–Trinajstić information content (AvgIpc) is 2.26. The summed E-state index contributed by atoms with van der Waals surface area (Å²) < 4.78 is 0. The quantitative estimate of drug-likeness (QED) is 0.532.